The average molecular weight is 257 g/mol. The molecule has 0 fully saturated rings. The maximum atomic E-state index is 4.39. The van der Waals surface area contributed by atoms with E-state index in [4.69, 9.17) is 0 Å². The molecule has 19 heavy (non-hydrogen) atoms. The molecule has 1 atom stereocenters. The van der Waals surface area contributed by atoms with E-state index >= 15 is 0 Å². The molecule has 0 spiro atoms. The van der Waals surface area contributed by atoms with Crippen molar-refractivity contribution in [2.45, 2.75) is 33.2 Å². The molecule has 0 saturated carbocycles. The van der Waals surface area contributed by atoms with Gasteiger partial charge in [0.15, 0.2) is 0 Å². The van der Waals surface area contributed by atoms with Gasteiger partial charge < -0.3 is 5.32 Å². The fourth-order valence-electron chi connectivity index (χ4n) is 2.47. The molecule has 1 aromatic heterocycles. The summed E-state index contributed by atoms with van der Waals surface area (Å²) in [6.07, 6.45) is 3.16. The summed E-state index contributed by atoms with van der Waals surface area (Å²) >= 11 is 0. The Morgan fingerprint density at radius 2 is 2.00 bits per heavy atom. The van der Waals surface area contributed by atoms with Crippen LogP contribution < -0.4 is 5.32 Å². The topological polar surface area (TPSA) is 29.9 Å². The number of aromatic nitrogens is 2. The molecule has 0 saturated heterocycles. The molecular weight excluding hydrogens is 234 g/mol. The quantitative estimate of drug-likeness (QED) is 0.892. The summed E-state index contributed by atoms with van der Waals surface area (Å²) in [5, 5.41) is 7.96. The van der Waals surface area contributed by atoms with Gasteiger partial charge in [0.1, 0.15) is 0 Å². The first kappa shape index (κ1) is 13.8. The van der Waals surface area contributed by atoms with Crippen LogP contribution in [0.4, 0.5) is 0 Å². The molecule has 3 heteroatoms. The van der Waals surface area contributed by atoms with Gasteiger partial charge >= 0.3 is 0 Å². The van der Waals surface area contributed by atoms with Crippen molar-refractivity contribution in [1.82, 2.24) is 15.1 Å². The van der Waals surface area contributed by atoms with Crippen molar-refractivity contribution >= 4 is 0 Å². The lowest BCUT2D eigenvalue weighted by molar-refractivity contribution is 0.573. The van der Waals surface area contributed by atoms with Crippen LogP contribution in [-0.4, -0.2) is 16.3 Å². The average Bonchev–Trinajstić information content (AvgIpc) is 2.71. The summed E-state index contributed by atoms with van der Waals surface area (Å²) in [6, 6.07) is 8.92. The number of hydrogen-bond donors (Lipinski definition) is 1. The fourth-order valence-corrected chi connectivity index (χ4v) is 2.47. The van der Waals surface area contributed by atoms with Crippen molar-refractivity contribution < 1.29 is 0 Å². The molecule has 0 aliphatic heterocycles. The molecule has 1 aromatic carbocycles. The lowest BCUT2D eigenvalue weighted by Crippen LogP contribution is -2.21. The van der Waals surface area contributed by atoms with Gasteiger partial charge in [0.25, 0.3) is 0 Å². The van der Waals surface area contributed by atoms with Gasteiger partial charge in [0.2, 0.25) is 0 Å². The molecule has 0 bridgehead atoms. The van der Waals surface area contributed by atoms with Crippen molar-refractivity contribution in [3.8, 4) is 0 Å². The highest BCUT2D eigenvalue weighted by molar-refractivity contribution is 5.26. The summed E-state index contributed by atoms with van der Waals surface area (Å²) in [7, 11) is 1.97. The van der Waals surface area contributed by atoms with Gasteiger partial charge in [-0.15, -0.1) is 0 Å². The number of aryl methyl sites for hydroxylation is 3. The van der Waals surface area contributed by atoms with Gasteiger partial charge in [-0.3, -0.25) is 4.68 Å². The summed E-state index contributed by atoms with van der Waals surface area (Å²) in [4.78, 5) is 0. The predicted molar refractivity (Wildman–Crippen MR) is 79.2 cm³/mol. The van der Waals surface area contributed by atoms with E-state index in [2.05, 4.69) is 61.6 Å². The summed E-state index contributed by atoms with van der Waals surface area (Å²) in [5.74, 6) is 0. The molecule has 3 nitrogen and oxygen atoms in total. The maximum absolute atomic E-state index is 4.39. The number of rotatable bonds is 5. The number of nitrogens with one attached hydrogen (secondary N) is 1. The monoisotopic (exact) mass is 257 g/mol. The Hall–Kier alpha value is -1.61. The molecule has 1 heterocycles. The minimum absolute atomic E-state index is 0.345. The Balaban J connectivity index is 1.89. The molecule has 1 N–H and O–H groups in total. The zero-order valence-electron chi connectivity index (χ0n) is 12.3. The standard InChI is InChI=1S/C16H23N3/c1-12-7-5-6-8-15(12)9-10-17-13(2)16-11-19(4)18-14(16)3/h5-8,11,13,17H,9-10H2,1-4H3. The van der Waals surface area contributed by atoms with E-state index in [0.717, 1.165) is 18.7 Å². The van der Waals surface area contributed by atoms with Gasteiger partial charge in [-0.1, -0.05) is 24.3 Å². The first-order valence-corrected chi connectivity index (χ1v) is 6.86. The molecule has 2 aromatic rings. The zero-order valence-corrected chi connectivity index (χ0v) is 12.3. The molecule has 0 amide bonds. The third-order valence-electron chi connectivity index (χ3n) is 3.62. The molecule has 2 rings (SSSR count). The molecule has 102 valence electrons. The van der Waals surface area contributed by atoms with Crippen molar-refractivity contribution in [3.63, 3.8) is 0 Å². The Bertz CT molecular complexity index is 543. The van der Waals surface area contributed by atoms with Crippen molar-refractivity contribution in [2.75, 3.05) is 6.54 Å². The van der Waals surface area contributed by atoms with Gasteiger partial charge in [-0.2, -0.15) is 5.10 Å². The van der Waals surface area contributed by atoms with Crippen LogP contribution in [0, 0.1) is 13.8 Å². The van der Waals surface area contributed by atoms with Crippen molar-refractivity contribution in [1.29, 1.82) is 0 Å². The number of hydrogen-bond acceptors (Lipinski definition) is 2. The van der Waals surface area contributed by atoms with Crippen LogP contribution >= 0.6 is 0 Å². The molecule has 0 aliphatic rings. The Labute approximate surface area is 115 Å². The first-order chi connectivity index (χ1) is 9.08. The van der Waals surface area contributed by atoms with E-state index in [-0.39, 0.29) is 0 Å². The summed E-state index contributed by atoms with van der Waals surface area (Å²) in [5.41, 5.74) is 5.19. The second kappa shape index (κ2) is 6.02. The van der Waals surface area contributed by atoms with Crippen LogP contribution in [0.3, 0.4) is 0 Å². The van der Waals surface area contributed by atoms with Gasteiger partial charge in [-0.25, -0.2) is 0 Å². The number of benzene rings is 1. The second-order valence-electron chi connectivity index (χ2n) is 5.20. The van der Waals surface area contributed by atoms with Crippen molar-refractivity contribution in [2.24, 2.45) is 7.05 Å². The normalized spacial score (nSPS) is 12.6. The molecule has 0 radical (unpaired) electrons. The van der Waals surface area contributed by atoms with E-state index in [1.165, 1.54) is 16.7 Å². The SMILES string of the molecule is Cc1ccccc1CCNC(C)c1cn(C)nc1C. The lowest BCUT2D eigenvalue weighted by atomic mass is 10.1. The Morgan fingerprint density at radius 1 is 1.26 bits per heavy atom. The van der Waals surface area contributed by atoms with Crippen molar-refractivity contribution in [3.05, 3.63) is 52.8 Å². The van der Waals surface area contributed by atoms with Crippen LogP contribution in [0.1, 0.15) is 35.3 Å². The van der Waals surface area contributed by atoms with E-state index in [1.807, 2.05) is 11.7 Å². The van der Waals surface area contributed by atoms with E-state index in [0.29, 0.717) is 6.04 Å². The second-order valence-corrected chi connectivity index (χ2v) is 5.20. The molecule has 1 unspecified atom stereocenters. The summed E-state index contributed by atoms with van der Waals surface area (Å²) in [6.45, 7) is 7.42. The predicted octanol–water partition coefficient (Wildman–Crippen LogP) is 2.93. The highest BCUT2D eigenvalue weighted by atomic mass is 15.3. The largest absolute Gasteiger partial charge is 0.310 e. The van der Waals surface area contributed by atoms with Crippen LogP contribution in [0.25, 0.3) is 0 Å². The summed E-state index contributed by atoms with van der Waals surface area (Å²) < 4.78 is 1.88. The van der Waals surface area contributed by atoms with Gasteiger partial charge in [0.05, 0.1) is 5.69 Å². The number of nitrogens with zero attached hydrogens (tertiary/aromatic N) is 2. The van der Waals surface area contributed by atoms with Gasteiger partial charge in [-0.05, 0) is 44.9 Å². The van der Waals surface area contributed by atoms with E-state index in [9.17, 15) is 0 Å². The van der Waals surface area contributed by atoms with Gasteiger partial charge in [0, 0.05) is 24.8 Å². The minimum atomic E-state index is 0.345. The Morgan fingerprint density at radius 3 is 2.63 bits per heavy atom. The molecular formula is C16H23N3. The van der Waals surface area contributed by atoms with Crippen LogP contribution in [0.2, 0.25) is 0 Å². The smallest absolute Gasteiger partial charge is 0.0641 e. The lowest BCUT2D eigenvalue weighted by Gasteiger charge is -2.13. The third-order valence-corrected chi connectivity index (χ3v) is 3.62. The van der Waals surface area contributed by atoms with E-state index in [1.54, 1.807) is 0 Å². The van der Waals surface area contributed by atoms with Crippen LogP contribution in [0.5, 0.6) is 0 Å². The highest BCUT2D eigenvalue weighted by Gasteiger charge is 2.10. The zero-order chi connectivity index (χ0) is 13.8. The maximum Gasteiger partial charge on any atom is 0.0641 e. The third kappa shape index (κ3) is 3.44. The highest BCUT2D eigenvalue weighted by Crippen LogP contribution is 2.15. The van der Waals surface area contributed by atoms with Crippen LogP contribution in [0.15, 0.2) is 30.5 Å². The fraction of sp³-hybridized carbons (Fsp3) is 0.438. The first-order valence-electron chi connectivity index (χ1n) is 6.86. The Kier molecular flexibility index (Phi) is 4.38. The minimum Gasteiger partial charge on any atom is -0.310 e. The van der Waals surface area contributed by atoms with Crippen LogP contribution in [-0.2, 0) is 13.5 Å². The molecule has 0 aliphatic carbocycles. The van der Waals surface area contributed by atoms with E-state index < -0.39 is 0 Å².